The number of ether oxygens (including phenoxy) is 2. The van der Waals surface area contributed by atoms with Gasteiger partial charge in [-0.1, -0.05) is 0 Å². The lowest BCUT2D eigenvalue weighted by molar-refractivity contribution is -0.154. The smallest absolute Gasteiger partial charge is 0.316 e. The van der Waals surface area contributed by atoms with Gasteiger partial charge in [-0.2, -0.15) is 31.9 Å². The molecule has 0 aromatic heterocycles. The van der Waals surface area contributed by atoms with Crippen molar-refractivity contribution in [3.8, 4) is 0 Å². The number of hydrogen-bond donors (Lipinski definition) is 0. The first-order chi connectivity index (χ1) is 11.8. The molecule has 0 aromatic carbocycles. The second kappa shape index (κ2) is 11.4. The third-order valence-electron chi connectivity index (χ3n) is 3.23. The molecule has 0 aliphatic carbocycles. The molecule has 0 aliphatic heterocycles. The van der Waals surface area contributed by atoms with Crippen molar-refractivity contribution < 1.29 is 31.7 Å². The standard InChI is InChI=1S/C16H30O7S3/c1-15(2,22-13(17)11-24-5)7-9-21-26(19,20)10-8-16(3,4)23-14(18)12-25-6/h7-12H2,1-6H3. The molecular weight excluding hydrogens is 400 g/mol. The minimum absolute atomic E-state index is 0.0887. The molecule has 0 saturated heterocycles. The van der Waals surface area contributed by atoms with Gasteiger partial charge >= 0.3 is 11.9 Å². The molecule has 0 atom stereocenters. The van der Waals surface area contributed by atoms with E-state index in [2.05, 4.69) is 0 Å². The van der Waals surface area contributed by atoms with Crippen molar-refractivity contribution in [2.75, 3.05) is 36.4 Å². The Balaban J connectivity index is 4.37. The molecule has 0 heterocycles. The predicted molar refractivity (Wildman–Crippen MR) is 106 cm³/mol. The highest BCUT2D eigenvalue weighted by molar-refractivity contribution is 7.99. The van der Waals surface area contributed by atoms with E-state index in [0.29, 0.717) is 0 Å². The van der Waals surface area contributed by atoms with Crippen molar-refractivity contribution in [1.82, 2.24) is 0 Å². The van der Waals surface area contributed by atoms with Crippen LogP contribution in [0, 0.1) is 0 Å². The number of carbonyl (C=O) groups is 2. The summed E-state index contributed by atoms with van der Waals surface area (Å²) >= 11 is 2.70. The maximum absolute atomic E-state index is 12.0. The van der Waals surface area contributed by atoms with Gasteiger partial charge in [0.05, 0.1) is 23.9 Å². The van der Waals surface area contributed by atoms with E-state index in [1.807, 2.05) is 0 Å². The van der Waals surface area contributed by atoms with Crippen LogP contribution in [0.25, 0.3) is 0 Å². The summed E-state index contributed by atoms with van der Waals surface area (Å²) in [7, 11) is -3.77. The fourth-order valence-corrected chi connectivity index (χ4v) is 3.64. The van der Waals surface area contributed by atoms with Crippen LogP contribution in [0.5, 0.6) is 0 Å². The Kier molecular flexibility index (Phi) is 11.2. The van der Waals surface area contributed by atoms with Gasteiger partial charge < -0.3 is 9.47 Å². The van der Waals surface area contributed by atoms with Crippen LogP contribution >= 0.6 is 23.5 Å². The lowest BCUT2D eigenvalue weighted by Gasteiger charge is -2.26. The number of rotatable bonds is 13. The molecule has 154 valence electrons. The highest BCUT2D eigenvalue weighted by atomic mass is 32.2. The van der Waals surface area contributed by atoms with Crippen LogP contribution in [0.2, 0.25) is 0 Å². The van der Waals surface area contributed by atoms with Crippen LogP contribution in [-0.2, 0) is 33.4 Å². The zero-order chi connectivity index (χ0) is 20.4. The van der Waals surface area contributed by atoms with Crippen LogP contribution in [0.1, 0.15) is 40.5 Å². The van der Waals surface area contributed by atoms with Crippen LogP contribution < -0.4 is 0 Å². The first-order valence-electron chi connectivity index (χ1n) is 8.11. The van der Waals surface area contributed by atoms with Gasteiger partial charge in [0.2, 0.25) is 0 Å². The van der Waals surface area contributed by atoms with Gasteiger partial charge in [0.1, 0.15) is 11.2 Å². The molecule has 0 aliphatic rings. The van der Waals surface area contributed by atoms with Gasteiger partial charge in [0.15, 0.2) is 0 Å². The number of carbonyl (C=O) groups excluding carboxylic acids is 2. The molecule has 0 spiro atoms. The average molecular weight is 431 g/mol. The summed E-state index contributed by atoms with van der Waals surface area (Å²) in [5.41, 5.74) is -1.70. The molecule has 0 rings (SSSR count). The Bertz CT molecular complexity index is 556. The third-order valence-corrected chi connectivity index (χ3v) is 5.50. The van der Waals surface area contributed by atoms with Gasteiger partial charge in [-0.05, 0) is 40.2 Å². The fourth-order valence-electron chi connectivity index (χ4n) is 1.86. The highest BCUT2D eigenvalue weighted by Gasteiger charge is 2.27. The van der Waals surface area contributed by atoms with E-state index in [9.17, 15) is 18.0 Å². The van der Waals surface area contributed by atoms with Crippen LogP contribution in [0.15, 0.2) is 0 Å². The number of thioether (sulfide) groups is 2. The fraction of sp³-hybridized carbons (Fsp3) is 0.875. The van der Waals surface area contributed by atoms with Crippen molar-refractivity contribution in [3.63, 3.8) is 0 Å². The molecule has 0 bridgehead atoms. The van der Waals surface area contributed by atoms with Gasteiger partial charge in [-0.15, -0.1) is 0 Å². The quantitative estimate of drug-likeness (QED) is 0.322. The molecule has 0 radical (unpaired) electrons. The summed E-state index contributed by atoms with van der Waals surface area (Å²) in [6.45, 7) is 6.64. The van der Waals surface area contributed by atoms with E-state index in [1.165, 1.54) is 23.5 Å². The Morgan fingerprint density at radius 1 is 0.846 bits per heavy atom. The zero-order valence-corrected chi connectivity index (χ0v) is 18.8. The molecule has 0 amide bonds. The van der Waals surface area contributed by atoms with Crippen molar-refractivity contribution in [1.29, 1.82) is 0 Å². The second-order valence-electron chi connectivity index (χ2n) is 6.92. The van der Waals surface area contributed by atoms with Crippen LogP contribution in [0.3, 0.4) is 0 Å². The Hall–Kier alpha value is -0.450. The van der Waals surface area contributed by atoms with Crippen LogP contribution in [-0.4, -0.2) is 67.9 Å². The van der Waals surface area contributed by atoms with Crippen molar-refractivity contribution >= 4 is 45.6 Å². The van der Waals surface area contributed by atoms with Crippen molar-refractivity contribution in [2.45, 2.75) is 51.7 Å². The SMILES string of the molecule is CSCC(=O)OC(C)(C)CCOS(=O)(=O)CCC(C)(C)OC(=O)CSC. The molecule has 0 unspecified atom stereocenters. The molecule has 0 fully saturated rings. The van der Waals surface area contributed by atoms with Gasteiger partial charge in [0, 0.05) is 12.8 Å². The molecule has 0 aromatic rings. The maximum atomic E-state index is 12.0. The topological polar surface area (TPSA) is 96.0 Å². The summed E-state index contributed by atoms with van der Waals surface area (Å²) in [4.78, 5) is 23.1. The normalized spacial score (nSPS) is 12.7. The number of hydrogen-bond acceptors (Lipinski definition) is 9. The molecule has 0 saturated carbocycles. The van der Waals surface area contributed by atoms with E-state index >= 15 is 0 Å². The minimum Gasteiger partial charge on any atom is -0.459 e. The minimum atomic E-state index is -3.77. The van der Waals surface area contributed by atoms with E-state index in [1.54, 1.807) is 40.2 Å². The van der Waals surface area contributed by atoms with Gasteiger partial charge in [-0.3, -0.25) is 13.8 Å². The zero-order valence-electron chi connectivity index (χ0n) is 16.3. The molecule has 10 heteroatoms. The van der Waals surface area contributed by atoms with E-state index in [4.69, 9.17) is 13.7 Å². The summed E-state index contributed by atoms with van der Waals surface area (Å²) in [6, 6.07) is 0. The summed E-state index contributed by atoms with van der Waals surface area (Å²) < 4.78 is 39.6. The Labute approximate surface area is 165 Å². The Morgan fingerprint density at radius 2 is 1.27 bits per heavy atom. The maximum Gasteiger partial charge on any atom is 0.316 e. The lowest BCUT2D eigenvalue weighted by atomic mass is 10.1. The van der Waals surface area contributed by atoms with Crippen molar-refractivity contribution in [3.05, 3.63) is 0 Å². The first-order valence-corrected chi connectivity index (χ1v) is 12.5. The summed E-state index contributed by atoms with van der Waals surface area (Å²) in [5.74, 6) is -0.530. The molecule has 0 N–H and O–H groups in total. The van der Waals surface area contributed by atoms with Crippen molar-refractivity contribution in [2.24, 2.45) is 0 Å². The monoisotopic (exact) mass is 430 g/mol. The third kappa shape index (κ3) is 12.8. The van der Waals surface area contributed by atoms with Gasteiger partial charge in [0.25, 0.3) is 10.1 Å². The number of esters is 2. The van der Waals surface area contributed by atoms with E-state index < -0.39 is 21.3 Å². The lowest BCUT2D eigenvalue weighted by Crippen LogP contribution is -2.33. The summed E-state index contributed by atoms with van der Waals surface area (Å²) in [6.07, 6.45) is 3.95. The molecule has 26 heavy (non-hydrogen) atoms. The summed E-state index contributed by atoms with van der Waals surface area (Å²) in [5, 5.41) is 0. The highest BCUT2D eigenvalue weighted by Crippen LogP contribution is 2.19. The van der Waals surface area contributed by atoms with E-state index in [0.717, 1.165) is 0 Å². The van der Waals surface area contributed by atoms with E-state index in [-0.39, 0.29) is 48.6 Å². The Morgan fingerprint density at radius 3 is 1.69 bits per heavy atom. The molecule has 7 nitrogen and oxygen atoms in total. The average Bonchev–Trinajstić information content (AvgIpc) is 2.44. The van der Waals surface area contributed by atoms with Gasteiger partial charge in [-0.25, -0.2) is 0 Å². The molecular formula is C16H30O7S3. The largest absolute Gasteiger partial charge is 0.459 e. The van der Waals surface area contributed by atoms with Crippen LogP contribution in [0.4, 0.5) is 0 Å². The second-order valence-corrected chi connectivity index (χ2v) is 10.4. The predicted octanol–water partition coefficient (Wildman–Crippen LogP) is 2.48. The first kappa shape index (κ1) is 25.6.